The molecule has 0 fully saturated rings. The highest BCUT2D eigenvalue weighted by Crippen LogP contribution is 2.35. The van der Waals surface area contributed by atoms with Crippen LogP contribution in [0.15, 0.2) is 72.1 Å². The van der Waals surface area contributed by atoms with Crippen LogP contribution in [0.4, 0.5) is 5.69 Å². The summed E-state index contributed by atoms with van der Waals surface area (Å²) in [5.74, 6) is 0.740. The number of thioether (sulfide) groups is 1. The number of anilines is 1. The molecule has 33 heavy (non-hydrogen) atoms. The quantitative estimate of drug-likeness (QED) is 0.363. The van der Waals surface area contributed by atoms with Gasteiger partial charge in [-0.15, -0.1) is 10.2 Å². The molecule has 1 amide bonds. The number of halogens is 1. The molecule has 4 aromatic rings. The predicted molar refractivity (Wildman–Crippen MR) is 132 cm³/mol. The first-order valence-corrected chi connectivity index (χ1v) is 12.0. The lowest BCUT2D eigenvalue weighted by Crippen LogP contribution is -2.35. The second-order valence-corrected chi connectivity index (χ2v) is 9.61. The molecule has 2 aromatic carbocycles. The van der Waals surface area contributed by atoms with Crippen molar-refractivity contribution >= 4 is 35.0 Å². The zero-order valence-electron chi connectivity index (χ0n) is 18.3. The molecule has 6 nitrogen and oxygen atoms in total. The predicted octanol–water partition coefficient (Wildman–Crippen LogP) is 5.36. The minimum absolute atomic E-state index is 0.0628. The summed E-state index contributed by atoms with van der Waals surface area (Å²) in [5.41, 5.74) is 4.90. The number of benzene rings is 2. The Labute approximate surface area is 201 Å². The molecule has 0 N–H and O–H groups in total. The summed E-state index contributed by atoms with van der Waals surface area (Å²) >= 11 is 7.84. The maximum absolute atomic E-state index is 13.4. The van der Waals surface area contributed by atoms with E-state index in [1.54, 1.807) is 12.4 Å². The van der Waals surface area contributed by atoms with Crippen molar-refractivity contribution in [2.45, 2.75) is 30.7 Å². The normalized spacial score (nSPS) is 13.7. The number of pyridine rings is 1. The number of nitrogens with zero attached hydrogens (tertiary/aromatic N) is 5. The number of rotatable bonds is 5. The van der Waals surface area contributed by atoms with Crippen LogP contribution in [0.5, 0.6) is 0 Å². The lowest BCUT2D eigenvalue weighted by molar-refractivity contribution is -0.117. The van der Waals surface area contributed by atoms with Crippen molar-refractivity contribution in [3.8, 4) is 17.1 Å². The van der Waals surface area contributed by atoms with Crippen LogP contribution in [0.25, 0.3) is 17.1 Å². The third kappa shape index (κ3) is 4.03. The van der Waals surface area contributed by atoms with Gasteiger partial charge < -0.3 is 4.90 Å². The molecule has 0 unspecified atom stereocenters. The first-order valence-electron chi connectivity index (χ1n) is 10.7. The van der Waals surface area contributed by atoms with E-state index in [1.807, 2.05) is 71.8 Å². The van der Waals surface area contributed by atoms with E-state index in [-0.39, 0.29) is 11.2 Å². The fourth-order valence-electron chi connectivity index (χ4n) is 4.08. The number of hydrogen-bond donors (Lipinski definition) is 0. The summed E-state index contributed by atoms with van der Waals surface area (Å²) < 4.78 is 1.98. The van der Waals surface area contributed by atoms with Crippen LogP contribution in [-0.4, -0.2) is 37.5 Å². The number of amides is 1. The topological polar surface area (TPSA) is 63.9 Å². The van der Waals surface area contributed by atoms with Crippen LogP contribution in [0.2, 0.25) is 5.02 Å². The van der Waals surface area contributed by atoms with Gasteiger partial charge in [0.05, 0.1) is 10.9 Å². The number of fused-ring (bicyclic) bond motifs is 1. The second kappa shape index (κ2) is 9.00. The van der Waals surface area contributed by atoms with Crippen LogP contribution in [0, 0.1) is 6.92 Å². The lowest BCUT2D eigenvalue weighted by Gasteiger charge is -2.21. The average molecular weight is 476 g/mol. The molecule has 8 heteroatoms. The van der Waals surface area contributed by atoms with Crippen LogP contribution in [-0.2, 0) is 11.2 Å². The Morgan fingerprint density at radius 2 is 1.79 bits per heavy atom. The molecule has 0 saturated carbocycles. The maximum atomic E-state index is 13.4. The van der Waals surface area contributed by atoms with E-state index in [4.69, 9.17) is 11.6 Å². The number of para-hydroxylation sites is 1. The van der Waals surface area contributed by atoms with E-state index in [9.17, 15) is 4.79 Å². The molecule has 3 heterocycles. The van der Waals surface area contributed by atoms with Gasteiger partial charge in [0, 0.05) is 35.2 Å². The molecule has 0 aliphatic carbocycles. The van der Waals surface area contributed by atoms with Crippen molar-refractivity contribution in [1.82, 2.24) is 19.7 Å². The molecule has 166 valence electrons. The minimum Gasteiger partial charge on any atom is -0.311 e. The molecule has 1 atom stereocenters. The van der Waals surface area contributed by atoms with E-state index in [0.29, 0.717) is 22.5 Å². The van der Waals surface area contributed by atoms with Gasteiger partial charge in [-0.25, -0.2) is 0 Å². The summed E-state index contributed by atoms with van der Waals surface area (Å²) in [6, 6.07) is 17.6. The molecule has 2 aromatic heterocycles. The first kappa shape index (κ1) is 21.7. The average Bonchev–Trinajstić information content (AvgIpc) is 3.45. The molecular weight excluding hydrogens is 454 g/mol. The van der Waals surface area contributed by atoms with Gasteiger partial charge >= 0.3 is 0 Å². The number of hydrogen-bond acceptors (Lipinski definition) is 5. The minimum atomic E-state index is -0.344. The zero-order chi connectivity index (χ0) is 22.9. The van der Waals surface area contributed by atoms with Crippen LogP contribution in [0.3, 0.4) is 0 Å². The molecule has 0 bridgehead atoms. The molecule has 0 radical (unpaired) electrons. The fraction of sp³-hybridized carbons (Fsp3) is 0.200. The van der Waals surface area contributed by atoms with Gasteiger partial charge in [0.1, 0.15) is 0 Å². The van der Waals surface area contributed by atoms with Crippen molar-refractivity contribution in [2.75, 3.05) is 11.4 Å². The highest BCUT2D eigenvalue weighted by atomic mass is 35.5. The molecule has 0 saturated heterocycles. The Hall–Kier alpha value is -3.16. The SMILES string of the molecule is Cc1c(Cl)cccc1-n1c(S[C@H](C)C(=O)N2CCc3ccccc32)nnc1-c1ccncc1. The van der Waals surface area contributed by atoms with Gasteiger partial charge in [-0.1, -0.05) is 47.6 Å². The van der Waals surface area contributed by atoms with Gasteiger partial charge in [0.15, 0.2) is 11.0 Å². The Bertz CT molecular complexity index is 1320. The van der Waals surface area contributed by atoms with E-state index < -0.39 is 0 Å². The molecule has 5 rings (SSSR count). The van der Waals surface area contributed by atoms with Crippen molar-refractivity contribution in [3.05, 3.63) is 83.1 Å². The van der Waals surface area contributed by atoms with Gasteiger partial charge in [-0.2, -0.15) is 0 Å². The highest BCUT2D eigenvalue weighted by Gasteiger charge is 2.30. The summed E-state index contributed by atoms with van der Waals surface area (Å²) in [7, 11) is 0. The van der Waals surface area contributed by atoms with Crippen molar-refractivity contribution in [1.29, 1.82) is 0 Å². The molecular formula is C25H22ClN5OS. The molecule has 1 aliphatic rings. The monoisotopic (exact) mass is 475 g/mol. The number of carbonyl (C=O) groups excluding carboxylic acids is 1. The smallest absolute Gasteiger partial charge is 0.240 e. The summed E-state index contributed by atoms with van der Waals surface area (Å²) in [6.45, 7) is 4.59. The van der Waals surface area contributed by atoms with Crippen LogP contribution in [0.1, 0.15) is 18.1 Å². The van der Waals surface area contributed by atoms with E-state index in [1.165, 1.54) is 17.3 Å². The fourth-order valence-corrected chi connectivity index (χ4v) is 5.18. The van der Waals surface area contributed by atoms with Gasteiger partial charge in [-0.3, -0.25) is 14.3 Å². The van der Waals surface area contributed by atoms with Crippen molar-refractivity contribution in [3.63, 3.8) is 0 Å². The summed E-state index contributed by atoms with van der Waals surface area (Å²) in [6.07, 6.45) is 4.33. The summed E-state index contributed by atoms with van der Waals surface area (Å²) in [5, 5.41) is 9.91. The van der Waals surface area contributed by atoms with Crippen LogP contribution >= 0.6 is 23.4 Å². The third-order valence-electron chi connectivity index (χ3n) is 5.84. The standard InChI is InChI=1S/C25H22ClN5OS/c1-16-20(26)7-5-9-21(16)31-23(19-10-13-27-14-11-19)28-29-25(31)33-17(2)24(32)30-15-12-18-6-3-4-8-22(18)30/h3-11,13-14,17H,12,15H2,1-2H3/t17-/m1/s1. The zero-order valence-corrected chi connectivity index (χ0v) is 19.8. The Kier molecular flexibility index (Phi) is 5.91. The van der Waals surface area contributed by atoms with E-state index in [2.05, 4.69) is 21.2 Å². The maximum Gasteiger partial charge on any atom is 0.240 e. The number of aromatic nitrogens is 4. The van der Waals surface area contributed by atoms with E-state index in [0.717, 1.165) is 28.9 Å². The van der Waals surface area contributed by atoms with Crippen molar-refractivity contribution in [2.24, 2.45) is 0 Å². The first-order chi connectivity index (χ1) is 16.0. The van der Waals surface area contributed by atoms with Crippen LogP contribution < -0.4 is 4.90 Å². The molecule has 1 aliphatic heterocycles. The van der Waals surface area contributed by atoms with E-state index >= 15 is 0 Å². The lowest BCUT2D eigenvalue weighted by atomic mass is 10.2. The summed E-state index contributed by atoms with van der Waals surface area (Å²) in [4.78, 5) is 19.4. The highest BCUT2D eigenvalue weighted by molar-refractivity contribution is 8.00. The number of carbonyl (C=O) groups is 1. The Morgan fingerprint density at radius 1 is 1.03 bits per heavy atom. The van der Waals surface area contributed by atoms with Crippen molar-refractivity contribution < 1.29 is 4.79 Å². The van der Waals surface area contributed by atoms with Gasteiger partial charge in [0.2, 0.25) is 5.91 Å². The Morgan fingerprint density at radius 3 is 2.61 bits per heavy atom. The van der Waals surface area contributed by atoms with Gasteiger partial charge in [-0.05, 0) is 61.7 Å². The van der Waals surface area contributed by atoms with Gasteiger partial charge in [0.25, 0.3) is 0 Å². The second-order valence-electron chi connectivity index (χ2n) is 7.89. The molecule has 0 spiro atoms. The Balaban J connectivity index is 1.52. The largest absolute Gasteiger partial charge is 0.311 e. The third-order valence-corrected chi connectivity index (χ3v) is 7.27.